The molecule has 0 aliphatic carbocycles. The van der Waals surface area contributed by atoms with Gasteiger partial charge in [0.2, 0.25) is 5.91 Å². The van der Waals surface area contributed by atoms with E-state index in [4.69, 9.17) is 16.0 Å². The maximum Gasteiger partial charge on any atom is 0.289 e. The molecule has 34 heavy (non-hydrogen) atoms. The first kappa shape index (κ1) is 23.6. The van der Waals surface area contributed by atoms with Crippen molar-refractivity contribution in [1.29, 1.82) is 0 Å². The Morgan fingerprint density at radius 3 is 2.38 bits per heavy atom. The molecule has 6 nitrogen and oxygen atoms in total. The van der Waals surface area contributed by atoms with Gasteiger partial charge >= 0.3 is 0 Å². The van der Waals surface area contributed by atoms with Gasteiger partial charge in [0.1, 0.15) is 0 Å². The van der Waals surface area contributed by atoms with Crippen molar-refractivity contribution in [1.82, 2.24) is 4.90 Å². The molecule has 2 aromatic carbocycles. The predicted octanol–water partition coefficient (Wildman–Crippen LogP) is 5.67. The van der Waals surface area contributed by atoms with Crippen LogP contribution in [0.1, 0.15) is 41.4 Å². The minimum atomic E-state index is -0.221. The topological polar surface area (TPSA) is 65.8 Å². The number of rotatable bonds is 6. The van der Waals surface area contributed by atoms with Crippen LogP contribution in [-0.4, -0.2) is 42.9 Å². The molecular formula is C27H28ClN3O3. The van der Waals surface area contributed by atoms with Crippen LogP contribution in [0.2, 0.25) is 5.02 Å². The number of amides is 2. The molecule has 3 aromatic rings. The molecule has 1 saturated heterocycles. The molecule has 1 aromatic heterocycles. The third-order valence-electron chi connectivity index (χ3n) is 5.89. The van der Waals surface area contributed by atoms with E-state index >= 15 is 0 Å². The SMILES string of the molecule is CC(C)c1ccc(/C=C/C(=O)Nc2ccc(N3CCN(C(=O)c4ccco4)CC3)c(Cl)c2)cc1. The summed E-state index contributed by atoms with van der Waals surface area (Å²) in [6, 6.07) is 17.0. The number of carbonyl (C=O) groups excluding carboxylic acids is 2. The van der Waals surface area contributed by atoms with Crippen LogP contribution in [0.4, 0.5) is 11.4 Å². The summed E-state index contributed by atoms with van der Waals surface area (Å²) in [4.78, 5) is 28.7. The summed E-state index contributed by atoms with van der Waals surface area (Å²) in [6.07, 6.45) is 4.81. The van der Waals surface area contributed by atoms with Gasteiger partial charge < -0.3 is 19.5 Å². The Morgan fingerprint density at radius 2 is 1.76 bits per heavy atom. The van der Waals surface area contributed by atoms with Gasteiger partial charge in [-0.15, -0.1) is 0 Å². The van der Waals surface area contributed by atoms with Crippen LogP contribution in [0.25, 0.3) is 6.08 Å². The van der Waals surface area contributed by atoms with Crippen LogP contribution in [0.5, 0.6) is 0 Å². The first-order valence-electron chi connectivity index (χ1n) is 11.4. The van der Waals surface area contributed by atoms with E-state index in [1.165, 1.54) is 17.9 Å². The summed E-state index contributed by atoms with van der Waals surface area (Å²) in [5.74, 6) is 0.509. The third-order valence-corrected chi connectivity index (χ3v) is 6.19. The van der Waals surface area contributed by atoms with Gasteiger partial charge in [0.25, 0.3) is 5.91 Å². The predicted molar refractivity (Wildman–Crippen MR) is 136 cm³/mol. The van der Waals surface area contributed by atoms with E-state index in [1.54, 1.807) is 29.2 Å². The van der Waals surface area contributed by atoms with Crippen LogP contribution in [-0.2, 0) is 4.79 Å². The number of hydrogen-bond acceptors (Lipinski definition) is 4. The van der Waals surface area contributed by atoms with Crippen molar-refractivity contribution < 1.29 is 14.0 Å². The molecule has 0 atom stereocenters. The lowest BCUT2D eigenvalue weighted by atomic mass is 10.0. The molecule has 1 aliphatic rings. The Hall–Kier alpha value is -3.51. The Balaban J connectivity index is 1.32. The second-order valence-electron chi connectivity index (χ2n) is 8.57. The van der Waals surface area contributed by atoms with Gasteiger partial charge in [-0.3, -0.25) is 9.59 Å². The van der Waals surface area contributed by atoms with Crippen molar-refractivity contribution in [3.05, 3.63) is 88.8 Å². The largest absolute Gasteiger partial charge is 0.459 e. The average molecular weight is 478 g/mol. The van der Waals surface area contributed by atoms with Gasteiger partial charge in [-0.25, -0.2) is 0 Å². The van der Waals surface area contributed by atoms with Crippen molar-refractivity contribution in [2.45, 2.75) is 19.8 Å². The molecule has 4 rings (SSSR count). The molecular weight excluding hydrogens is 450 g/mol. The Bertz CT molecular complexity index is 1160. The second-order valence-corrected chi connectivity index (χ2v) is 8.97. The molecule has 0 radical (unpaired) electrons. The number of carbonyl (C=O) groups is 2. The zero-order valence-electron chi connectivity index (χ0n) is 19.3. The van der Waals surface area contributed by atoms with Crippen LogP contribution in [0.3, 0.4) is 0 Å². The molecule has 1 aliphatic heterocycles. The number of piperazine rings is 1. The van der Waals surface area contributed by atoms with Crippen molar-refractivity contribution in [3.8, 4) is 0 Å². The fourth-order valence-corrected chi connectivity index (χ4v) is 4.20. The number of halogens is 1. The van der Waals surface area contributed by atoms with Crippen LogP contribution in [0, 0.1) is 0 Å². The lowest BCUT2D eigenvalue weighted by Gasteiger charge is -2.36. The van der Waals surface area contributed by atoms with E-state index in [-0.39, 0.29) is 11.8 Å². The molecule has 1 N–H and O–H groups in total. The van der Waals surface area contributed by atoms with Gasteiger partial charge in [0, 0.05) is 37.9 Å². The van der Waals surface area contributed by atoms with Gasteiger partial charge in [0.05, 0.1) is 17.0 Å². The fraction of sp³-hybridized carbons (Fsp3) is 0.259. The summed E-state index contributed by atoms with van der Waals surface area (Å²) >= 11 is 6.53. The lowest BCUT2D eigenvalue weighted by molar-refractivity contribution is -0.111. The molecule has 1 fully saturated rings. The van der Waals surface area contributed by atoms with E-state index < -0.39 is 0 Å². The minimum absolute atomic E-state index is 0.0993. The van der Waals surface area contributed by atoms with Crippen LogP contribution < -0.4 is 10.2 Å². The zero-order chi connectivity index (χ0) is 24.1. The smallest absolute Gasteiger partial charge is 0.289 e. The van der Waals surface area contributed by atoms with E-state index in [0.29, 0.717) is 48.6 Å². The summed E-state index contributed by atoms with van der Waals surface area (Å²) in [7, 11) is 0. The zero-order valence-corrected chi connectivity index (χ0v) is 20.1. The summed E-state index contributed by atoms with van der Waals surface area (Å²) in [6.45, 7) is 6.79. The number of benzene rings is 2. The molecule has 0 spiro atoms. The van der Waals surface area contributed by atoms with E-state index in [9.17, 15) is 9.59 Å². The minimum Gasteiger partial charge on any atom is -0.459 e. The average Bonchev–Trinajstić information content (AvgIpc) is 3.38. The highest BCUT2D eigenvalue weighted by Crippen LogP contribution is 2.30. The standard InChI is InChI=1S/C27H28ClN3O3/c1-19(2)21-8-5-20(6-9-21)7-12-26(32)29-22-10-11-24(23(28)18-22)30-13-15-31(16-14-30)27(33)25-4-3-17-34-25/h3-12,17-19H,13-16H2,1-2H3,(H,29,32)/b12-7+. The number of hydrogen-bond donors (Lipinski definition) is 1. The number of nitrogens with zero attached hydrogens (tertiary/aromatic N) is 2. The molecule has 2 amide bonds. The highest BCUT2D eigenvalue weighted by molar-refractivity contribution is 6.33. The molecule has 176 valence electrons. The lowest BCUT2D eigenvalue weighted by Crippen LogP contribution is -2.48. The van der Waals surface area contributed by atoms with Crippen molar-refractivity contribution >= 4 is 40.9 Å². The van der Waals surface area contributed by atoms with Gasteiger partial charge in [-0.1, -0.05) is 49.7 Å². The first-order chi connectivity index (χ1) is 16.4. The fourth-order valence-electron chi connectivity index (χ4n) is 3.90. The number of anilines is 2. The van der Waals surface area contributed by atoms with Crippen molar-refractivity contribution in [2.75, 3.05) is 36.4 Å². The summed E-state index contributed by atoms with van der Waals surface area (Å²) in [5.41, 5.74) is 3.75. The first-order valence-corrected chi connectivity index (χ1v) is 11.7. The van der Waals surface area contributed by atoms with Gasteiger partial charge in [0.15, 0.2) is 5.76 Å². The second kappa shape index (κ2) is 10.6. The van der Waals surface area contributed by atoms with Crippen molar-refractivity contribution in [2.24, 2.45) is 0 Å². The summed E-state index contributed by atoms with van der Waals surface area (Å²) in [5, 5.41) is 3.41. The van der Waals surface area contributed by atoms with Crippen molar-refractivity contribution in [3.63, 3.8) is 0 Å². The highest BCUT2D eigenvalue weighted by Gasteiger charge is 2.24. The van der Waals surface area contributed by atoms with E-state index in [0.717, 1.165) is 11.3 Å². The maximum absolute atomic E-state index is 12.4. The normalized spacial score (nSPS) is 14.1. The molecule has 0 unspecified atom stereocenters. The van der Waals surface area contributed by atoms with E-state index in [1.807, 2.05) is 24.3 Å². The van der Waals surface area contributed by atoms with Gasteiger partial charge in [-0.05, 0) is 53.5 Å². The highest BCUT2D eigenvalue weighted by atomic mass is 35.5. The number of furan rings is 1. The van der Waals surface area contributed by atoms with Gasteiger partial charge in [-0.2, -0.15) is 0 Å². The molecule has 0 saturated carbocycles. The quantitative estimate of drug-likeness (QED) is 0.464. The number of nitrogens with one attached hydrogen (secondary N) is 1. The molecule has 2 heterocycles. The van der Waals surface area contributed by atoms with E-state index in [2.05, 4.69) is 36.2 Å². The maximum atomic E-state index is 12.4. The molecule has 7 heteroatoms. The van der Waals surface area contributed by atoms with Crippen LogP contribution >= 0.6 is 11.6 Å². The Kier molecular flexibility index (Phi) is 7.38. The Labute approximate surface area is 204 Å². The third kappa shape index (κ3) is 5.69. The summed E-state index contributed by atoms with van der Waals surface area (Å²) < 4.78 is 5.21. The monoisotopic (exact) mass is 477 g/mol. The molecule has 0 bridgehead atoms. The Morgan fingerprint density at radius 1 is 1.03 bits per heavy atom. The van der Waals surface area contributed by atoms with Crippen LogP contribution in [0.15, 0.2) is 71.4 Å².